The zero-order chi connectivity index (χ0) is 25.2. The summed E-state index contributed by atoms with van der Waals surface area (Å²) in [7, 11) is 1.27. The minimum atomic E-state index is -0.796. The van der Waals surface area contributed by atoms with Crippen LogP contribution >= 0.6 is 23.2 Å². The Kier molecular flexibility index (Phi) is 7.53. The average molecular weight is 506 g/mol. The molecule has 0 bridgehead atoms. The van der Waals surface area contributed by atoms with E-state index in [2.05, 4.69) is 4.98 Å². The first-order chi connectivity index (χ1) is 15.9. The standard InChI is InChI=1S/C24H25Cl2N3O5/c1-6-29-15(11-28-12-18(27-13-28)22(31)33-5)10-19(30)20(23(32)34-24(2,3)4)21(29)14-7-8-16(25)17(26)9-14/h7-10,12-13H,6,11H2,1-5H3. The topological polar surface area (TPSA) is 92.4 Å². The Morgan fingerprint density at radius 3 is 2.38 bits per heavy atom. The summed E-state index contributed by atoms with van der Waals surface area (Å²) >= 11 is 12.4. The number of hydrogen-bond donors (Lipinski definition) is 0. The highest BCUT2D eigenvalue weighted by molar-refractivity contribution is 6.42. The van der Waals surface area contributed by atoms with Crippen LogP contribution in [0.5, 0.6) is 0 Å². The van der Waals surface area contributed by atoms with Gasteiger partial charge in [0.25, 0.3) is 0 Å². The third kappa shape index (κ3) is 5.51. The summed E-state index contributed by atoms with van der Waals surface area (Å²) in [4.78, 5) is 42.2. The molecular weight excluding hydrogens is 481 g/mol. The maximum atomic E-state index is 13.3. The van der Waals surface area contributed by atoms with Gasteiger partial charge in [-0.2, -0.15) is 0 Å². The summed E-state index contributed by atoms with van der Waals surface area (Å²) in [5, 5.41) is 0.631. The monoisotopic (exact) mass is 505 g/mol. The highest BCUT2D eigenvalue weighted by Gasteiger charge is 2.27. The number of esters is 2. The summed E-state index contributed by atoms with van der Waals surface area (Å²) in [6, 6.07) is 6.30. The smallest absolute Gasteiger partial charge is 0.358 e. The third-order valence-electron chi connectivity index (χ3n) is 4.88. The summed E-state index contributed by atoms with van der Waals surface area (Å²) in [5.74, 6) is -1.30. The summed E-state index contributed by atoms with van der Waals surface area (Å²) in [6.45, 7) is 7.73. The number of aromatic nitrogens is 3. The van der Waals surface area contributed by atoms with Gasteiger partial charge in [-0.05, 0) is 39.8 Å². The van der Waals surface area contributed by atoms with Crippen LogP contribution in [-0.2, 0) is 22.6 Å². The number of benzene rings is 1. The van der Waals surface area contributed by atoms with Crippen molar-refractivity contribution in [3.05, 3.63) is 74.0 Å². The number of carbonyl (C=O) groups is 2. The normalized spacial score (nSPS) is 11.4. The van der Waals surface area contributed by atoms with Gasteiger partial charge in [0.1, 0.15) is 11.2 Å². The number of ether oxygens (including phenoxy) is 2. The van der Waals surface area contributed by atoms with Crippen molar-refractivity contribution >= 4 is 35.1 Å². The van der Waals surface area contributed by atoms with Crippen LogP contribution in [-0.4, -0.2) is 38.8 Å². The molecule has 0 aliphatic rings. The van der Waals surface area contributed by atoms with Crippen LogP contribution in [0.1, 0.15) is 54.2 Å². The van der Waals surface area contributed by atoms with Crippen molar-refractivity contribution in [2.75, 3.05) is 7.11 Å². The number of imidazole rings is 1. The Morgan fingerprint density at radius 2 is 1.79 bits per heavy atom. The zero-order valence-corrected chi connectivity index (χ0v) is 21.0. The predicted molar refractivity (Wildman–Crippen MR) is 130 cm³/mol. The van der Waals surface area contributed by atoms with Gasteiger partial charge in [0.15, 0.2) is 11.1 Å². The van der Waals surface area contributed by atoms with Crippen LogP contribution in [0.3, 0.4) is 0 Å². The van der Waals surface area contributed by atoms with E-state index in [0.29, 0.717) is 28.5 Å². The lowest BCUT2D eigenvalue weighted by Crippen LogP contribution is -2.30. The second-order valence-corrected chi connectivity index (χ2v) is 9.34. The van der Waals surface area contributed by atoms with Crippen molar-refractivity contribution in [3.8, 4) is 11.3 Å². The molecule has 0 radical (unpaired) electrons. The number of rotatable bonds is 6. The van der Waals surface area contributed by atoms with E-state index in [4.69, 9.17) is 32.7 Å². The van der Waals surface area contributed by atoms with Crippen LogP contribution in [0.2, 0.25) is 10.0 Å². The van der Waals surface area contributed by atoms with E-state index in [1.54, 1.807) is 43.5 Å². The van der Waals surface area contributed by atoms with Crippen molar-refractivity contribution in [3.63, 3.8) is 0 Å². The van der Waals surface area contributed by atoms with Gasteiger partial charge in [0.05, 0.1) is 35.7 Å². The molecule has 3 aromatic rings. The second-order valence-electron chi connectivity index (χ2n) is 8.52. The number of halogens is 2. The molecule has 0 N–H and O–H groups in total. The zero-order valence-electron chi connectivity index (χ0n) is 19.5. The van der Waals surface area contributed by atoms with Crippen LogP contribution in [0.15, 0.2) is 41.6 Å². The first-order valence-corrected chi connectivity index (χ1v) is 11.3. The molecule has 2 heterocycles. The van der Waals surface area contributed by atoms with Crippen LogP contribution < -0.4 is 5.43 Å². The molecule has 10 heteroatoms. The molecule has 180 valence electrons. The fourth-order valence-corrected chi connectivity index (χ4v) is 3.80. The van der Waals surface area contributed by atoms with Gasteiger partial charge in [-0.1, -0.05) is 29.3 Å². The van der Waals surface area contributed by atoms with Crippen molar-refractivity contribution < 1.29 is 19.1 Å². The van der Waals surface area contributed by atoms with E-state index in [-0.39, 0.29) is 22.8 Å². The first-order valence-electron chi connectivity index (χ1n) is 10.5. The van der Waals surface area contributed by atoms with Crippen LogP contribution in [0.25, 0.3) is 11.3 Å². The van der Waals surface area contributed by atoms with Gasteiger partial charge in [-0.3, -0.25) is 4.79 Å². The van der Waals surface area contributed by atoms with Crippen molar-refractivity contribution in [2.24, 2.45) is 0 Å². The maximum Gasteiger partial charge on any atom is 0.358 e. The molecule has 0 aliphatic carbocycles. The fraction of sp³-hybridized carbons (Fsp3) is 0.333. The van der Waals surface area contributed by atoms with Crippen LogP contribution in [0.4, 0.5) is 0 Å². The molecule has 8 nitrogen and oxygen atoms in total. The maximum absolute atomic E-state index is 13.3. The number of hydrogen-bond acceptors (Lipinski definition) is 6. The van der Waals surface area contributed by atoms with Gasteiger partial charge in [-0.25, -0.2) is 14.6 Å². The molecule has 34 heavy (non-hydrogen) atoms. The molecule has 0 spiro atoms. The predicted octanol–water partition coefficient (Wildman–Crippen LogP) is 4.83. The number of nitrogens with zero attached hydrogens (tertiary/aromatic N) is 3. The number of pyridine rings is 1. The summed E-state index contributed by atoms with van der Waals surface area (Å²) < 4.78 is 13.7. The van der Waals surface area contributed by atoms with Gasteiger partial charge in [0, 0.05) is 30.1 Å². The summed E-state index contributed by atoms with van der Waals surface area (Å²) in [6.07, 6.45) is 2.99. The molecule has 3 rings (SSSR count). The van der Waals surface area contributed by atoms with E-state index < -0.39 is 23.0 Å². The molecule has 0 atom stereocenters. The van der Waals surface area contributed by atoms with Crippen molar-refractivity contribution in [1.82, 2.24) is 14.1 Å². The third-order valence-corrected chi connectivity index (χ3v) is 5.62. The summed E-state index contributed by atoms with van der Waals surface area (Å²) in [5.41, 5.74) is 0.249. The Hall–Kier alpha value is -3.10. The van der Waals surface area contributed by atoms with E-state index in [1.165, 1.54) is 25.7 Å². The molecular formula is C24H25Cl2N3O5. The quantitative estimate of drug-likeness (QED) is 0.445. The fourth-order valence-electron chi connectivity index (χ4n) is 3.50. The van der Waals surface area contributed by atoms with Gasteiger partial charge < -0.3 is 18.6 Å². The van der Waals surface area contributed by atoms with Gasteiger partial charge in [-0.15, -0.1) is 0 Å². The lowest BCUT2D eigenvalue weighted by atomic mass is 10.0. The average Bonchev–Trinajstić information content (AvgIpc) is 3.22. The minimum Gasteiger partial charge on any atom is -0.464 e. The van der Waals surface area contributed by atoms with Crippen molar-refractivity contribution in [2.45, 2.75) is 46.4 Å². The molecule has 0 fully saturated rings. The highest BCUT2D eigenvalue weighted by atomic mass is 35.5. The minimum absolute atomic E-state index is 0.0974. The SMILES string of the molecule is CCn1c(Cn2cnc(C(=O)OC)c2)cc(=O)c(C(=O)OC(C)(C)C)c1-c1ccc(Cl)c(Cl)c1. The molecule has 0 saturated carbocycles. The van der Waals surface area contributed by atoms with E-state index in [9.17, 15) is 14.4 Å². The van der Waals surface area contributed by atoms with Crippen molar-refractivity contribution in [1.29, 1.82) is 0 Å². The largest absolute Gasteiger partial charge is 0.464 e. The Labute approximate surface area is 207 Å². The first kappa shape index (κ1) is 25.5. The molecule has 0 saturated heterocycles. The molecule has 0 unspecified atom stereocenters. The van der Waals surface area contributed by atoms with Gasteiger partial charge >= 0.3 is 11.9 Å². The molecule has 2 aromatic heterocycles. The van der Waals surface area contributed by atoms with E-state index >= 15 is 0 Å². The Morgan fingerprint density at radius 1 is 1.09 bits per heavy atom. The molecule has 0 aliphatic heterocycles. The lowest BCUT2D eigenvalue weighted by molar-refractivity contribution is 0.00679. The number of carbonyl (C=O) groups excluding carboxylic acids is 2. The highest BCUT2D eigenvalue weighted by Crippen LogP contribution is 2.31. The number of methoxy groups -OCH3 is 1. The second kappa shape index (κ2) is 10.0. The Bertz CT molecular complexity index is 1300. The van der Waals surface area contributed by atoms with E-state index in [0.717, 1.165) is 0 Å². The Balaban J connectivity index is 2.23. The van der Waals surface area contributed by atoms with Gasteiger partial charge in [0.2, 0.25) is 0 Å². The molecule has 0 amide bonds. The van der Waals surface area contributed by atoms with E-state index in [1.807, 2.05) is 11.5 Å². The lowest BCUT2D eigenvalue weighted by Gasteiger charge is -2.24. The van der Waals surface area contributed by atoms with Crippen LogP contribution in [0, 0.1) is 0 Å². The molecule has 1 aromatic carbocycles.